The van der Waals surface area contributed by atoms with Gasteiger partial charge in [-0.25, -0.2) is 0 Å². The molecular weight excluding hydrogens is 152 g/mol. The smallest absolute Gasteiger partial charge is 0.220 e. The molecule has 3 N–H and O–H groups in total. The molecule has 1 aliphatic rings. The molecule has 0 atom stereocenters. The Morgan fingerprint density at radius 1 is 1.58 bits per heavy atom. The Kier molecular flexibility index (Phi) is 2.73. The molecule has 0 unspecified atom stereocenters. The highest BCUT2D eigenvalue weighted by atomic mass is 16.1. The van der Waals surface area contributed by atoms with Crippen molar-refractivity contribution >= 4 is 5.91 Å². The maximum absolute atomic E-state index is 11.2. The van der Waals surface area contributed by atoms with Crippen molar-refractivity contribution in [3.8, 4) is 0 Å². The SMILES string of the molecule is CC(C)(N)CNC(=O)CC1CC1. The molecular formula is C9H18N2O. The molecule has 1 aliphatic carbocycles. The van der Waals surface area contributed by atoms with E-state index in [1.807, 2.05) is 13.8 Å². The van der Waals surface area contributed by atoms with Crippen LogP contribution in [-0.2, 0) is 4.79 Å². The van der Waals surface area contributed by atoms with Crippen molar-refractivity contribution in [1.82, 2.24) is 5.32 Å². The number of nitrogens with one attached hydrogen (secondary N) is 1. The first-order chi connectivity index (χ1) is 5.47. The fourth-order valence-electron chi connectivity index (χ4n) is 0.983. The lowest BCUT2D eigenvalue weighted by atomic mass is 10.1. The maximum Gasteiger partial charge on any atom is 0.220 e. The lowest BCUT2D eigenvalue weighted by Gasteiger charge is -2.18. The second-order valence-corrected chi connectivity index (χ2v) is 4.41. The first-order valence-corrected chi connectivity index (χ1v) is 4.53. The monoisotopic (exact) mass is 170 g/mol. The number of amides is 1. The Labute approximate surface area is 73.7 Å². The molecule has 0 saturated heterocycles. The van der Waals surface area contributed by atoms with E-state index < -0.39 is 0 Å². The molecule has 0 aromatic carbocycles. The highest BCUT2D eigenvalue weighted by Gasteiger charge is 2.24. The predicted octanol–water partition coefficient (Wildman–Crippen LogP) is 0.640. The van der Waals surface area contributed by atoms with E-state index >= 15 is 0 Å². The molecule has 70 valence electrons. The summed E-state index contributed by atoms with van der Waals surface area (Å²) in [6.45, 7) is 4.38. The van der Waals surface area contributed by atoms with E-state index in [9.17, 15) is 4.79 Å². The normalized spacial score (nSPS) is 17.6. The van der Waals surface area contributed by atoms with Crippen LogP contribution in [0.2, 0.25) is 0 Å². The van der Waals surface area contributed by atoms with Crippen LogP contribution in [0.4, 0.5) is 0 Å². The highest BCUT2D eigenvalue weighted by Crippen LogP contribution is 2.31. The van der Waals surface area contributed by atoms with Crippen LogP contribution in [0.1, 0.15) is 33.1 Å². The van der Waals surface area contributed by atoms with Gasteiger partial charge in [0.05, 0.1) is 0 Å². The summed E-state index contributed by atoms with van der Waals surface area (Å²) < 4.78 is 0. The van der Waals surface area contributed by atoms with E-state index in [4.69, 9.17) is 5.73 Å². The average molecular weight is 170 g/mol. The Balaban J connectivity index is 2.09. The molecule has 12 heavy (non-hydrogen) atoms. The second kappa shape index (κ2) is 3.44. The van der Waals surface area contributed by atoms with Gasteiger partial charge >= 0.3 is 0 Å². The summed E-state index contributed by atoms with van der Waals surface area (Å²) in [6, 6.07) is 0. The van der Waals surface area contributed by atoms with Crippen LogP contribution in [0.15, 0.2) is 0 Å². The van der Waals surface area contributed by atoms with E-state index in [2.05, 4.69) is 5.32 Å². The number of hydrogen-bond acceptors (Lipinski definition) is 2. The van der Waals surface area contributed by atoms with Gasteiger partial charge in [-0.2, -0.15) is 0 Å². The topological polar surface area (TPSA) is 55.1 Å². The van der Waals surface area contributed by atoms with Crippen molar-refractivity contribution in [2.75, 3.05) is 6.54 Å². The molecule has 1 rings (SSSR count). The van der Waals surface area contributed by atoms with Gasteiger partial charge in [0.25, 0.3) is 0 Å². The minimum atomic E-state index is -0.292. The quantitative estimate of drug-likeness (QED) is 0.650. The number of nitrogens with two attached hydrogens (primary N) is 1. The molecule has 0 radical (unpaired) electrons. The summed E-state index contributed by atoms with van der Waals surface area (Å²) in [6.07, 6.45) is 3.13. The van der Waals surface area contributed by atoms with Crippen molar-refractivity contribution in [2.24, 2.45) is 11.7 Å². The van der Waals surface area contributed by atoms with Crippen molar-refractivity contribution in [3.05, 3.63) is 0 Å². The first-order valence-electron chi connectivity index (χ1n) is 4.53. The minimum absolute atomic E-state index is 0.149. The van der Waals surface area contributed by atoms with Gasteiger partial charge < -0.3 is 11.1 Å². The lowest BCUT2D eigenvalue weighted by Crippen LogP contribution is -2.45. The maximum atomic E-state index is 11.2. The van der Waals surface area contributed by atoms with Crippen LogP contribution in [-0.4, -0.2) is 18.0 Å². The summed E-state index contributed by atoms with van der Waals surface area (Å²) in [5, 5.41) is 2.83. The van der Waals surface area contributed by atoms with Gasteiger partial charge in [-0.05, 0) is 32.6 Å². The van der Waals surface area contributed by atoms with Crippen molar-refractivity contribution < 1.29 is 4.79 Å². The number of carbonyl (C=O) groups excluding carboxylic acids is 1. The van der Waals surface area contributed by atoms with Crippen LogP contribution in [0, 0.1) is 5.92 Å². The van der Waals surface area contributed by atoms with Crippen LogP contribution < -0.4 is 11.1 Å². The molecule has 0 spiro atoms. The van der Waals surface area contributed by atoms with Gasteiger partial charge in [-0.3, -0.25) is 4.79 Å². The molecule has 3 nitrogen and oxygen atoms in total. The Morgan fingerprint density at radius 3 is 2.58 bits per heavy atom. The molecule has 1 amide bonds. The average Bonchev–Trinajstić information content (AvgIpc) is 2.66. The largest absolute Gasteiger partial charge is 0.354 e. The van der Waals surface area contributed by atoms with Crippen LogP contribution in [0.25, 0.3) is 0 Å². The Morgan fingerprint density at radius 2 is 2.17 bits per heavy atom. The molecule has 0 aliphatic heterocycles. The third-order valence-corrected chi connectivity index (χ3v) is 1.91. The molecule has 1 saturated carbocycles. The van der Waals surface area contributed by atoms with E-state index in [0.29, 0.717) is 18.9 Å². The number of rotatable bonds is 4. The van der Waals surface area contributed by atoms with Crippen molar-refractivity contribution in [3.63, 3.8) is 0 Å². The lowest BCUT2D eigenvalue weighted by molar-refractivity contribution is -0.121. The van der Waals surface area contributed by atoms with Gasteiger partial charge in [-0.15, -0.1) is 0 Å². The molecule has 0 aromatic rings. The minimum Gasteiger partial charge on any atom is -0.354 e. The van der Waals surface area contributed by atoms with Gasteiger partial charge in [0.2, 0.25) is 5.91 Å². The fourth-order valence-corrected chi connectivity index (χ4v) is 0.983. The summed E-state index contributed by atoms with van der Waals surface area (Å²) >= 11 is 0. The van der Waals surface area contributed by atoms with Crippen LogP contribution >= 0.6 is 0 Å². The summed E-state index contributed by atoms with van der Waals surface area (Å²) in [7, 11) is 0. The van der Waals surface area contributed by atoms with Gasteiger partial charge in [0.15, 0.2) is 0 Å². The van der Waals surface area contributed by atoms with E-state index in [-0.39, 0.29) is 11.4 Å². The predicted molar refractivity (Wildman–Crippen MR) is 48.6 cm³/mol. The molecule has 0 bridgehead atoms. The molecule has 0 aromatic heterocycles. The third-order valence-electron chi connectivity index (χ3n) is 1.91. The molecule has 3 heteroatoms. The highest BCUT2D eigenvalue weighted by molar-refractivity contribution is 5.76. The van der Waals surface area contributed by atoms with E-state index in [1.165, 1.54) is 12.8 Å². The van der Waals surface area contributed by atoms with Gasteiger partial charge in [-0.1, -0.05) is 0 Å². The van der Waals surface area contributed by atoms with Gasteiger partial charge in [0, 0.05) is 18.5 Å². The Bertz CT molecular complexity index is 168. The Hall–Kier alpha value is -0.570. The zero-order chi connectivity index (χ0) is 9.19. The summed E-state index contributed by atoms with van der Waals surface area (Å²) in [4.78, 5) is 11.2. The van der Waals surface area contributed by atoms with Crippen LogP contribution in [0.3, 0.4) is 0 Å². The number of hydrogen-bond donors (Lipinski definition) is 2. The molecule has 1 fully saturated rings. The standard InChI is InChI=1S/C9H18N2O/c1-9(2,10)6-11-8(12)5-7-3-4-7/h7H,3-6,10H2,1-2H3,(H,11,12). The zero-order valence-electron chi connectivity index (χ0n) is 7.89. The van der Waals surface area contributed by atoms with E-state index in [1.54, 1.807) is 0 Å². The zero-order valence-corrected chi connectivity index (χ0v) is 7.89. The van der Waals surface area contributed by atoms with Gasteiger partial charge in [0.1, 0.15) is 0 Å². The van der Waals surface area contributed by atoms with E-state index in [0.717, 1.165) is 0 Å². The summed E-state index contributed by atoms with van der Waals surface area (Å²) in [5.41, 5.74) is 5.42. The second-order valence-electron chi connectivity index (χ2n) is 4.41. The van der Waals surface area contributed by atoms with Crippen molar-refractivity contribution in [2.45, 2.75) is 38.6 Å². The first kappa shape index (κ1) is 9.52. The fraction of sp³-hybridized carbons (Fsp3) is 0.889. The molecule has 0 heterocycles. The third kappa shape index (κ3) is 4.34. The van der Waals surface area contributed by atoms with Crippen molar-refractivity contribution in [1.29, 1.82) is 0 Å². The summed E-state index contributed by atoms with van der Waals surface area (Å²) in [5.74, 6) is 0.807. The van der Waals surface area contributed by atoms with Crippen LogP contribution in [0.5, 0.6) is 0 Å². The number of carbonyl (C=O) groups is 1.